The number of anilines is 1. The summed E-state index contributed by atoms with van der Waals surface area (Å²) < 4.78 is 28.9. The van der Waals surface area contributed by atoms with Gasteiger partial charge in [-0.3, -0.25) is 4.72 Å². The van der Waals surface area contributed by atoms with Crippen molar-refractivity contribution < 1.29 is 8.42 Å². The largest absolute Gasteiger partial charge is 0.280 e. The Morgan fingerprint density at radius 2 is 1.62 bits per heavy atom. The summed E-state index contributed by atoms with van der Waals surface area (Å²) in [6.45, 7) is 3.81. The zero-order chi connectivity index (χ0) is 20.4. The number of benzene rings is 2. The summed E-state index contributed by atoms with van der Waals surface area (Å²) in [7, 11) is -3.61. The number of nitrogens with one attached hydrogen (secondary N) is 1. The highest BCUT2D eigenvalue weighted by Gasteiger charge is 2.08. The van der Waals surface area contributed by atoms with Gasteiger partial charge in [0.05, 0.1) is 11.1 Å². The maximum Gasteiger partial charge on any atom is 0.255 e. The molecular weight excluding hydrogens is 386 g/mol. The molecule has 0 saturated heterocycles. The molecule has 0 aliphatic heterocycles. The summed E-state index contributed by atoms with van der Waals surface area (Å²) in [5.41, 5.74) is 4.70. The van der Waals surface area contributed by atoms with Crippen molar-refractivity contribution in [1.29, 1.82) is 0 Å². The van der Waals surface area contributed by atoms with Crippen LogP contribution in [0.3, 0.4) is 0 Å². The average Bonchev–Trinajstić information content (AvgIpc) is 3.08. The van der Waals surface area contributed by atoms with Gasteiger partial charge in [0.2, 0.25) is 0 Å². The van der Waals surface area contributed by atoms with Crippen LogP contribution in [0.2, 0.25) is 0 Å². The van der Waals surface area contributed by atoms with Crippen LogP contribution in [0.25, 0.3) is 23.0 Å². The summed E-state index contributed by atoms with van der Waals surface area (Å²) >= 11 is 0. The Morgan fingerprint density at radius 3 is 2.34 bits per heavy atom. The molecule has 2 heterocycles. The first-order valence-electron chi connectivity index (χ1n) is 8.97. The van der Waals surface area contributed by atoms with Gasteiger partial charge >= 0.3 is 0 Å². The molecule has 0 saturated carbocycles. The van der Waals surface area contributed by atoms with Gasteiger partial charge < -0.3 is 0 Å². The summed E-state index contributed by atoms with van der Waals surface area (Å²) in [4.78, 5) is 0. The molecule has 0 aliphatic rings. The highest BCUT2D eigenvalue weighted by Crippen LogP contribution is 2.21. The molecule has 0 atom stereocenters. The normalized spacial score (nSPS) is 11.9. The van der Waals surface area contributed by atoms with E-state index in [1.807, 2.05) is 62.4 Å². The molecule has 29 heavy (non-hydrogen) atoms. The second-order valence-electron chi connectivity index (χ2n) is 6.67. The molecule has 4 rings (SSSR count). The number of hydrogen-bond donors (Lipinski definition) is 1. The van der Waals surface area contributed by atoms with Gasteiger partial charge in [0.15, 0.2) is 11.5 Å². The first-order chi connectivity index (χ1) is 13.9. The third kappa shape index (κ3) is 4.33. The Labute approximate surface area is 168 Å². The number of aryl methyl sites for hydroxylation is 2. The lowest BCUT2D eigenvalue weighted by atomic mass is 10.1. The van der Waals surface area contributed by atoms with Gasteiger partial charge in [0.1, 0.15) is 0 Å². The van der Waals surface area contributed by atoms with Crippen LogP contribution in [0.1, 0.15) is 17.0 Å². The van der Waals surface area contributed by atoms with Crippen LogP contribution in [-0.4, -0.2) is 28.2 Å². The van der Waals surface area contributed by atoms with Crippen LogP contribution in [0.5, 0.6) is 0 Å². The number of sulfonamides is 1. The van der Waals surface area contributed by atoms with Crippen LogP contribution in [-0.2, 0) is 10.0 Å². The van der Waals surface area contributed by atoms with Crippen LogP contribution in [0.4, 0.5) is 5.69 Å². The van der Waals surface area contributed by atoms with Crippen LogP contribution < -0.4 is 4.72 Å². The zero-order valence-electron chi connectivity index (χ0n) is 15.9. The number of aromatic nitrogens is 4. The second-order valence-corrected chi connectivity index (χ2v) is 8.24. The van der Waals surface area contributed by atoms with Crippen molar-refractivity contribution in [3.63, 3.8) is 0 Å². The molecule has 0 bridgehead atoms. The second kappa shape index (κ2) is 7.48. The van der Waals surface area contributed by atoms with Crippen molar-refractivity contribution in [2.75, 3.05) is 4.72 Å². The lowest BCUT2D eigenvalue weighted by Gasteiger charge is -2.06. The minimum atomic E-state index is -3.61. The van der Waals surface area contributed by atoms with E-state index < -0.39 is 10.0 Å². The van der Waals surface area contributed by atoms with Gasteiger partial charge in [-0.1, -0.05) is 42.0 Å². The van der Waals surface area contributed by atoms with Crippen molar-refractivity contribution in [1.82, 2.24) is 19.8 Å². The molecule has 7 nitrogen and oxygen atoms in total. The third-order valence-electron chi connectivity index (χ3n) is 4.38. The van der Waals surface area contributed by atoms with Gasteiger partial charge in [-0.05, 0) is 49.8 Å². The van der Waals surface area contributed by atoms with Crippen LogP contribution >= 0.6 is 0 Å². The molecule has 0 radical (unpaired) electrons. The van der Waals surface area contributed by atoms with Crippen molar-refractivity contribution >= 4 is 27.4 Å². The Bertz CT molecular complexity index is 1290. The van der Waals surface area contributed by atoms with Crippen LogP contribution in [0, 0.1) is 13.8 Å². The molecule has 4 aromatic rings. The van der Waals surface area contributed by atoms with Gasteiger partial charge in [-0.25, -0.2) is 8.42 Å². The minimum Gasteiger partial charge on any atom is -0.280 e. The Hall–Kier alpha value is -3.52. The Kier molecular flexibility index (Phi) is 4.85. The van der Waals surface area contributed by atoms with E-state index in [1.165, 1.54) is 0 Å². The summed E-state index contributed by atoms with van der Waals surface area (Å²) in [6.07, 6.45) is 1.57. The van der Waals surface area contributed by atoms with E-state index in [-0.39, 0.29) is 0 Å². The predicted molar refractivity (Wildman–Crippen MR) is 114 cm³/mol. The molecule has 8 heteroatoms. The highest BCUT2D eigenvalue weighted by molar-refractivity contribution is 7.95. The van der Waals surface area contributed by atoms with Gasteiger partial charge in [-0.15, -0.1) is 10.2 Å². The number of fused-ring (bicyclic) bond motifs is 1. The predicted octanol–water partition coefficient (Wildman–Crippen LogP) is 3.82. The van der Waals surface area contributed by atoms with E-state index >= 15 is 0 Å². The molecule has 146 valence electrons. The fourth-order valence-corrected chi connectivity index (χ4v) is 3.67. The molecule has 0 fully saturated rings. The molecule has 0 aliphatic carbocycles. The third-order valence-corrected chi connectivity index (χ3v) is 5.39. The number of hydrogen-bond acceptors (Lipinski definition) is 5. The van der Waals surface area contributed by atoms with E-state index in [1.54, 1.807) is 22.7 Å². The SMILES string of the molecule is Cc1ccc(/C=C/S(=O)(=O)Nc2ccc(-c3ccc4nnc(C)n4n3)cc2)cc1. The van der Waals surface area contributed by atoms with E-state index in [4.69, 9.17) is 0 Å². The maximum absolute atomic E-state index is 12.3. The monoisotopic (exact) mass is 405 g/mol. The van der Waals surface area contributed by atoms with Gasteiger partial charge in [-0.2, -0.15) is 9.61 Å². The van der Waals surface area contributed by atoms with Crippen molar-refractivity contribution in [2.45, 2.75) is 13.8 Å². The van der Waals surface area contributed by atoms with E-state index in [2.05, 4.69) is 20.0 Å². The smallest absolute Gasteiger partial charge is 0.255 e. The number of nitrogens with zero attached hydrogens (tertiary/aromatic N) is 4. The fraction of sp³-hybridized carbons (Fsp3) is 0.0952. The average molecular weight is 405 g/mol. The van der Waals surface area contributed by atoms with Crippen molar-refractivity contribution in [3.05, 3.63) is 83.0 Å². The van der Waals surface area contributed by atoms with Gasteiger partial charge in [0, 0.05) is 11.3 Å². The molecule has 1 N–H and O–H groups in total. The number of rotatable bonds is 5. The summed E-state index contributed by atoms with van der Waals surface area (Å²) in [5, 5.41) is 13.7. The Balaban J connectivity index is 1.51. The molecule has 2 aromatic heterocycles. The van der Waals surface area contributed by atoms with E-state index in [0.29, 0.717) is 17.2 Å². The summed E-state index contributed by atoms with van der Waals surface area (Å²) in [5.74, 6) is 0.701. The standard InChI is InChI=1S/C21H19N5O2S/c1-15-3-5-17(6-4-15)13-14-29(27,28)25-19-9-7-18(8-10-19)20-11-12-21-23-22-16(2)26(21)24-20/h3-14,25H,1-2H3/b14-13+. The topological polar surface area (TPSA) is 89.2 Å². The van der Waals surface area contributed by atoms with Crippen molar-refractivity contribution in [2.24, 2.45) is 0 Å². The minimum absolute atomic E-state index is 0.476. The van der Waals surface area contributed by atoms with E-state index in [0.717, 1.165) is 27.8 Å². The maximum atomic E-state index is 12.3. The highest BCUT2D eigenvalue weighted by atomic mass is 32.2. The quantitative estimate of drug-likeness (QED) is 0.545. The van der Waals surface area contributed by atoms with Gasteiger partial charge in [0.25, 0.3) is 10.0 Å². The summed E-state index contributed by atoms with van der Waals surface area (Å²) in [6, 6.07) is 18.4. The first kappa shape index (κ1) is 18.8. The lowest BCUT2D eigenvalue weighted by molar-refractivity contribution is 0.609. The first-order valence-corrected chi connectivity index (χ1v) is 10.5. The molecule has 0 amide bonds. The molecular formula is C21H19N5O2S. The fourth-order valence-electron chi connectivity index (χ4n) is 2.80. The van der Waals surface area contributed by atoms with Crippen LogP contribution in [0.15, 0.2) is 66.1 Å². The molecule has 0 unspecified atom stereocenters. The van der Waals surface area contributed by atoms with E-state index in [9.17, 15) is 8.42 Å². The lowest BCUT2D eigenvalue weighted by Crippen LogP contribution is -2.08. The molecule has 2 aromatic carbocycles. The molecule has 0 spiro atoms. The van der Waals surface area contributed by atoms with Crippen molar-refractivity contribution in [3.8, 4) is 11.3 Å². The Morgan fingerprint density at radius 1 is 0.897 bits per heavy atom. The zero-order valence-corrected chi connectivity index (χ0v) is 16.8.